The third kappa shape index (κ3) is 2.47. The van der Waals surface area contributed by atoms with E-state index in [0.29, 0.717) is 18.2 Å². The molecule has 2 aromatic heterocycles. The lowest BCUT2D eigenvalue weighted by Crippen LogP contribution is -2.03. The summed E-state index contributed by atoms with van der Waals surface area (Å²) < 4.78 is 6.74. The molecule has 0 aliphatic rings. The lowest BCUT2D eigenvalue weighted by molar-refractivity contribution is 0.396. The van der Waals surface area contributed by atoms with Crippen LogP contribution in [0.1, 0.15) is 5.69 Å². The Hall–Kier alpha value is -2.11. The predicted octanol–water partition coefficient (Wildman–Crippen LogP) is 0.831. The number of hydrogen-bond acceptors (Lipinski definition) is 5. The number of aromatic nitrogens is 4. The minimum Gasteiger partial charge on any atom is -0.480 e. The monoisotopic (exact) mass is 219 g/mol. The van der Waals surface area contributed by atoms with Crippen LogP contribution in [0.25, 0.3) is 0 Å². The van der Waals surface area contributed by atoms with Crippen molar-refractivity contribution in [1.29, 1.82) is 0 Å². The van der Waals surface area contributed by atoms with Gasteiger partial charge in [0.1, 0.15) is 5.82 Å². The fraction of sp³-hybridized carbons (Fsp3) is 0.300. The molecule has 0 saturated heterocycles. The van der Waals surface area contributed by atoms with Crippen molar-refractivity contribution in [3.05, 3.63) is 30.4 Å². The Morgan fingerprint density at radius 1 is 1.44 bits per heavy atom. The van der Waals surface area contributed by atoms with E-state index in [1.54, 1.807) is 24.2 Å². The van der Waals surface area contributed by atoms with Crippen LogP contribution in [0.4, 0.5) is 5.82 Å². The molecule has 0 aliphatic carbocycles. The van der Waals surface area contributed by atoms with Crippen molar-refractivity contribution < 1.29 is 4.74 Å². The summed E-state index contributed by atoms with van der Waals surface area (Å²) in [7, 11) is 3.45. The van der Waals surface area contributed by atoms with Crippen molar-refractivity contribution in [3.8, 4) is 5.88 Å². The van der Waals surface area contributed by atoms with Gasteiger partial charge in [0.15, 0.2) is 0 Å². The predicted molar refractivity (Wildman–Crippen MR) is 59.1 cm³/mol. The van der Waals surface area contributed by atoms with E-state index in [4.69, 9.17) is 4.74 Å². The van der Waals surface area contributed by atoms with E-state index in [1.807, 2.05) is 19.3 Å². The van der Waals surface area contributed by atoms with Crippen LogP contribution < -0.4 is 10.1 Å². The molecule has 0 aliphatic heterocycles. The van der Waals surface area contributed by atoms with Gasteiger partial charge in [-0.25, -0.2) is 0 Å². The zero-order valence-electron chi connectivity index (χ0n) is 9.21. The van der Waals surface area contributed by atoms with Gasteiger partial charge in [-0.15, -0.1) is 0 Å². The number of hydrogen-bond donors (Lipinski definition) is 1. The first-order chi connectivity index (χ1) is 7.78. The summed E-state index contributed by atoms with van der Waals surface area (Å²) in [4.78, 5) is 8.18. The van der Waals surface area contributed by atoms with Crippen LogP contribution in [0.2, 0.25) is 0 Å². The van der Waals surface area contributed by atoms with Gasteiger partial charge in [0.25, 0.3) is 0 Å². The van der Waals surface area contributed by atoms with E-state index < -0.39 is 0 Å². The standard InChI is InChI=1S/C10H13N5O/c1-15-4-3-8(14-15)5-12-9-6-11-7-10(13-9)16-2/h3-4,6-7H,5H2,1-2H3,(H,12,13). The molecule has 0 fully saturated rings. The van der Waals surface area contributed by atoms with Crippen molar-refractivity contribution in [1.82, 2.24) is 19.7 Å². The van der Waals surface area contributed by atoms with Gasteiger partial charge in [-0.05, 0) is 6.07 Å². The summed E-state index contributed by atoms with van der Waals surface area (Å²) in [5, 5.41) is 7.36. The molecular weight excluding hydrogens is 206 g/mol. The maximum absolute atomic E-state index is 4.98. The smallest absolute Gasteiger partial charge is 0.233 e. The SMILES string of the molecule is COc1cncc(NCc2ccn(C)n2)n1. The zero-order chi connectivity index (χ0) is 11.4. The quantitative estimate of drug-likeness (QED) is 0.825. The van der Waals surface area contributed by atoms with E-state index in [9.17, 15) is 0 Å². The molecule has 2 rings (SSSR count). The van der Waals surface area contributed by atoms with Crippen LogP contribution in [-0.4, -0.2) is 26.9 Å². The van der Waals surface area contributed by atoms with Crippen molar-refractivity contribution in [2.45, 2.75) is 6.54 Å². The Labute approximate surface area is 93.3 Å². The normalized spacial score (nSPS) is 10.1. The van der Waals surface area contributed by atoms with E-state index in [1.165, 1.54) is 0 Å². The van der Waals surface area contributed by atoms with Crippen LogP contribution in [0.3, 0.4) is 0 Å². The Balaban J connectivity index is 1.99. The van der Waals surface area contributed by atoms with Crippen LogP contribution in [0.15, 0.2) is 24.7 Å². The van der Waals surface area contributed by atoms with Gasteiger partial charge < -0.3 is 10.1 Å². The van der Waals surface area contributed by atoms with Crippen LogP contribution in [-0.2, 0) is 13.6 Å². The van der Waals surface area contributed by atoms with Gasteiger partial charge in [0.05, 0.1) is 31.7 Å². The molecule has 84 valence electrons. The fourth-order valence-electron chi connectivity index (χ4n) is 1.27. The van der Waals surface area contributed by atoms with Gasteiger partial charge >= 0.3 is 0 Å². The topological polar surface area (TPSA) is 64.9 Å². The second-order valence-corrected chi connectivity index (χ2v) is 3.28. The number of nitrogens with zero attached hydrogens (tertiary/aromatic N) is 4. The molecule has 0 spiro atoms. The van der Waals surface area contributed by atoms with Gasteiger partial charge in [0, 0.05) is 13.2 Å². The highest BCUT2D eigenvalue weighted by molar-refractivity contribution is 5.33. The van der Waals surface area contributed by atoms with E-state index in [2.05, 4.69) is 20.4 Å². The second-order valence-electron chi connectivity index (χ2n) is 3.28. The molecule has 6 heteroatoms. The molecule has 0 radical (unpaired) electrons. The Morgan fingerprint density at radius 2 is 2.31 bits per heavy atom. The van der Waals surface area contributed by atoms with Crippen molar-refractivity contribution in [2.24, 2.45) is 7.05 Å². The lowest BCUT2D eigenvalue weighted by atomic mass is 10.4. The number of anilines is 1. The Bertz CT molecular complexity index is 468. The lowest BCUT2D eigenvalue weighted by Gasteiger charge is -2.04. The highest BCUT2D eigenvalue weighted by Gasteiger charge is 2.00. The summed E-state index contributed by atoms with van der Waals surface area (Å²) >= 11 is 0. The summed E-state index contributed by atoms with van der Waals surface area (Å²) in [5.41, 5.74) is 0.951. The van der Waals surface area contributed by atoms with E-state index >= 15 is 0 Å². The van der Waals surface area contributed by atoms with Crippen LogP contribution in [0, 0.1) is 0 Å². The van der Waals surface area contributed by atoms with Crippen molar-refractivity contribution >= 4 is 5.82 Å². The van der Waals surface area contributed by atoms with E-state index in [-0.39, 0.29) is 0 Å². The summed E-state index contributed by atoms with van der Waals surface area (Å²) in [6.07, 6.45) is 5.10. The second kappa shape index (κ2) is 4.61. The van der Waals surface area contributed by atoms with Gasteiger partial charge in [-0.1, -0.05) is 0 Å². The molecule has 0 amide bonds. The third-order valence-electron chi connectivity index (χ3n) is 2.04. The highest BCUT2D eigenvalue weighted by Crippen LogP contribution is 2.08. The first-order valence-electron chi connectivity index (χ1n) is 4.86. The molecule has 0 aromatic carbocycles. The van der Waals surface area contributed by atoms with Crippen LogP contribution in [0.5, 0.6) is 5.88 Å². The zero-order valence-corrected chi connectivity index (χ0v) is 9.21. The molecule has 2 heterocycles. The molecule has 0 saturated carbocycles. The average Bonchev–Trinajstić information content (AvgIpc) is 2.73. The van der Waals surface area contributed by atoms with Crippen molar-refractivity contribution in [3.63, 3.8) is 0 Å². The van der Waals surface area contributed by atoms with Gasteiger partial charge in [-0.2, -0.15) is 10.1 Å². The highest BCUT2D eigenvalue weighted by atomic mass is 16.5. The first kappa shape index (κ1) is 10.4. The summed E-state index contributed by atoms with van der Waals surface area (Å²) in [5.74, 6) is 1.16. The van der Waals surface area contributed by atoms with Gasteiger partial charge in [-0.3, -0.25) is 9.67 Å². The summed E-state index contributed by atoms with van der Waals surface area (Å²) in [6, 6.07) is 1.95. The maximum Gasteiger partial charge on any atom is 0.233 e. The number of methoxy groups -OCH3 is 1. The number of ether oxygens (including phenoxy) is 1. The van der Waals surface area contributed by atoms with Gasteiger partial charge in [0.2, 0.25) is 5.88 Å². The molecule has 0 unspecified atom stereocenters. The minimum absolute atomic E-state index is 0.492. The molecule has 0 bridgehead atoms. The third-order valence-corrected chi connectivity index (χ3v) is 2.04. The molecule has 16 heavy (non-hydrogen) atoms. The molecular formula is C10H13N5O. The summed E-state index contributed by atoms with van der Waals surface area (Å²) in [6.45, 7) is 0.614. The number of nitrogens with one attached hydrogen (secondary N) is 1. The average molecular weight is 219 g/mol. The van der Waals surface area contributed by atoms with Crippen molar-refractivity contribution in [2.75, 3.05) is 12.4 Å². The Kier molecular flexibility index (Phi) is 3.00. The maximum atomic E-state index is 4.98. The largest absolute Gasteiger partial charge is 0.480 e. The fourth-order valence-corrected chi connectivity index (χ4v) is 1.27. The number of aryl methyl sites for hydroxylation is 1. The number of rotatable bonds is 4. The molecule has 1 N–H and O–H groups in total. The molecule has 6 nitrogen and oxygen atoms in total. The minimum atomic E-state index is 0.492. The molecule has 0 atom stereocenters. The van der Waals surface area contributed by atoms with E-state index in [0.717, 1.165) is 5.69 Å². The van der Waals surface area contributed by atoms with Crippen LogP contribution >= 0.6 is 0 Å². The molecule has 2 aromatic rings. The first-order valence-corrected chi connectivity index (χ1v) is 4.86. The Morgan fingerprint density at radius 3 is 3.00 bits per heavy atom.